The molecule has 3 heteroatoms. The van der Waals surface area contributed by atoms with Crippen molar-refractivity contribution in [3.63, 3.8) is 0 Å². The average molecular weight is 249 g/mol. The highest BCUT2D eigenvalue weighted by Crippen LogP contribution is 2.19. The van der Waals surface area contributed by atoms with Gasteiger partial charge in [-0.1, -0.05) is 45.9 Å². The average Bonchev–Trinajstić information content (AvgIpc) is 2.71. The zero-order valence-electron chi connectivity index (χ0n) is 12.1. The van der Waals surface area contributed by atoms with Gasteiger partial charge >= 0.3 is 6.15 Å². The summed E-state index contributed by atoms with van der Waals surface area (Å²) in [4.78, 5) is 19.6. The number of hydrogen-bond donors (Lipinski definition) is 1. The van der Waals surface area contributed by atoms with Crippen LogP contribution in [0.1, 0.15) is 39.0 Å². The number of benzene rings is 1. The van der Waals surface area contributed by atoms with Gasteiger partial charge in [-0.2, -0.15) is 9.59 Å². The fraction of sp³-hybridized carbons (Fsp3) is 0.400. The maximum Gasteiger partial charge on any atom is 0.373 e. The van der Waals surface area contributed by atoms with Crippen LogP contribution in [0.3, 0.4) is 0 Å². The zero-order valence-corrected chi connectivity index (χ0v) is 12.1. The molecule has 0 atom stereocenters. The van der Waals surface area contributed by atoms with E-state index in [1.165, 1.54) is 22.2 Å². The largest absolute Gasteiger partial charge is 0.373 e. The van der Waals surface area contributed by atoms with Crippen LogP contribution in [0.4, 0.5) is 0 Å². The van der Waals surface area contributed by atoms with Gasteiger partial charge in [0.2, 0.25) is 0 Å². The Morgan fingerprint density at radius 1 is 0.944 bits per heavy atom. The van der Waals surface area contributed by atoms with E-state index in [4.69, 9.17) is 9.59 Å². The lowest BCUT2D eigenvalue weighted by Crippen LogP contribution is -1.70. The molecule has 1 N–H and O–H groups in total. The Kier molecular flexibility index (Phi) is 11.9. The number of aromatic nitrogens is 1. The third kappa shape index (κ3) is 5.46. The number of H-pyrrole nitrogens is 1. The van der Waals surface area contributed by atoms with Gasteiger partial charge in [0.25, 0.3) is 0 Å². The molecule has 0 aliphatic heterocycles. The molecule has 1 heterocycles. The number of aromatic amines is 1. The second kappa shape index (κ2) is 11.6. The molecule has 0 aliphatic carbocycles. The summed E-state index contributed by atoms with van der Waals surface area (Å²) in [6.45, 7) is 12.3. The van der Waals surface area contributed by atoms with E-state index in [2.05, 4.69) is 43.1 Å². The number of aryl methyl sites for hydroxylation is 2. The Morgan fingerprint density at radius 2 is 1.39 bits per heavy atom. The van der Waals surface area contributed by atoms with Crippen molar-refractivity contribution < 1.29 is 9.59 Å². The predicted octanol–water partition coefficient (Wildman–Crippen LogP) is 4.25. The van der Waals surface area contributed by atoms with E-state index in [9.17, 15) is 0 Å². The molecule has 0 fully saturated rings. The molecule has 1 aromatic carbocycles. The van der Waals surface area contributed by atoms with Crippen LogP contribution in [-0.2, 0) is 9.59 Å². The smallest absolute Gasteiger partial charge is 0.358 e. The molecule has 2 aromatic rings. The number of para-hydroxylation sites is 1. The molecule has 0 saturated heterocycles. The number of nitrogens with one attached hydrogen (secondary N) is 1. The van der Waals surface area contributed by atoms with Crippen molar-refractivity contribution in [2.24, 2.45) is 0 Å². The molecule has 0 aliphatic rings. The summed E-state index contributed by atoms with van der Waals surface area (Å²) >= 11 is 0. The van der Waals surface area contributed by atoms with E-state index >= 15 is 0 Å². The quantitative estimate of drug-likeness (QED) is 0.758. The first-order chi connectivity index (χ1) is 8.70. The second-order valence-electron chi connectivity index (χ2n) is 3.00. The first kappa shape index (κ1) is 18.5. The maximum absolute atomic E-state index is 8.12. The summed E-state index contributed by atoms with van der Waals surface area (Å²) in [5.74, 6) is 0. The van der Waals surface area contributed by atoms with Gasteiger partial charge in [0, 0.05) is 16.6 Å². The topological polar surface area (TPSA) is 49.9 Å². The van der Waals surface area contributed by atoms with Crippen molar-refractivity contribution in [1.82, 2.24) is 4.98 Å². The summed E-state index contributed by atoms with van der Waals surface area (Å²) in [6, 6.07) is 8.38. The van der Waals surface area contributed by atoms with Gasteiger partial charge in [-0.05, 0) is 25.5 Å². The molecule has 0 saturated carbocycles. The van der Waals surface area contributed by atoms with E-state index in [0.717, 1.165) is 0 Å². The molecule has 2 rings (SSSR count). The van der Waals surface area contributed by atoms with Gasteiger partial charge < -0.3 is 4.98 Å². The molecule has 3 nitrogen and oxygen atoms in total. The first-order valence-electron chi connectivity index (χ1n) is 6.24. The minimum absolute atomic E-state index is 0.250. The van der Waals surface area contributed by atoms with Crippen LogP contribution in [0, 0.1) is 13.8 Å². The van der Waals surface area contributed by atoms with Crippen LogP contribution in [0.25, 0.3) is 10.9 Å². The van der Waals surface area contributed by atoms with Crippen molar-refractivity contribution in [1.29, 1.82) is 0 Å². The van der Waals surface area contributed by atoms with Gasteiger partial charge in [0.1, 0.15) is 0 Å². The summed E-state index contributed by atoms with van der Waals surface area (Å²) in [5.41, 5.74) is 3.87. The molecule has 0 unspecified atom stereocenters. The monoisotopic (exact) mass is 249 g/mol. The molecule has 0 spiro atoms. The third-order valence-corrected chi connectivity index (χ3v) is 2.22. The van der Waals surface area contributed by atoms with E-state index < -0.39 is 0 Å². The third-order valence-electron chi connectivity index (χ3n) is 2.22. The molecule has 0 amide bonds. The standard InChI is InChI=1S/C10H11N.2C2H6.CO2/c1-7-8(2)11-10-6-4-3-5-9(7)10;2*1-2;2-1-3/h3-6,11H,1-2H3;2*1-2H3;. The van der Waals surface area contributed by atoms with Gasteiger partial charge in [0.05, 0.1) is 0 Å². The van der Waals surface area contributed by atoms with Crippen LogP contribution >= 0.6 is 0 Å². The van der Waals surface area contributed by atoms with Crippen LogP contribution in [-0.4, -0.2) is 11.1 Å². The number of carbonyl (C=O) groups excluding carboxylic acids is 2. The summed E-state index contributed by atoms with van der Waals surface area (Å²) in [6.07, 6.45) is 0.250. The molecule has 18 heavy (non-hydrogen) atoms. The Hall–Kier alpha value is -1.86. The summed E-state index contributed by atoms with van der Waals surface area (Å²) in [5, 5.41) is 1.34. The molecule has 0 radical (unpaired) electrons. The Morgan fingerprint density at radius 3 is 1.83 bits per heavy atom. The van der Waals surface area contributed by atoms with Crippen molar-refractivity contribution >= 4 is 17.1 Å². The molecule has 1 aromatic heterocycles. The van der Waals surface area contributed by atoms with E-state index in [-0.39, 0.29) is 6.15 Å². The fourth-order valence-electron chi connectivity index (χ4n) is 1.42. The molecule has 100 valence electrons. The Bertz CT molecular complexity index is 466. The summed E-state index contributed by atoms with van der Waals surface area (Å²) < 4.78 is 0. The predicted molar refractivity (Wildman–Crippen MR) is 75.5 cm³/mol. The van der Waals surface area contributed by atoms with Crippen LogP contribution in [0.5, 0.6) is 0 Å². The molecule has 0 bridgehead atoms. The lowest BCUT2D eigenvalue weighted by Gasteiger charge is -1.87. The Balaban J connectivity index is 0. The van der Waals surface area contributed by atoms with Gasteiger partial charge in [0.15, 0.2) is 0 Å². The maximum atomic E-state index is 8.12. The lowest BCUT2D eigenvalue weighted by atomic mass is 10.2. The Labute approximate surface area is 109 Å². The highest BCUT2D eigenvalue weighted by molar-refractivity contribution is 5.84. The minimum atomic E-state index is 0.250. The van der Waals surface area contributed by atoms with Gasteiger partial charge in [-0.15, -0.1) is 0 Å². The second-order valence-corrected chi connectivity index (χ2v) is 3.00. The number of fused-ring (bicyclic) bond motifs is 1. The SMILES string of the molecule is CC.CC.Cc1[nH]c2ccccc2c1C.O=C=O. The highest BCUT2D eigenvalue weighted by Gasteiger charge is 2.00. The lowest BCUT2D eigenvalue weighted by molar-refractivity contribution is -0.191. The van der Waals surface area contributed by atoms with Crippen molar-refractivity contribution in [3.05, 3.63) is 35.5 Å². The van der Waals surface area contributed by atoms with Crippen molar-refractivity contribution in [3.8, 4) is 0 Å². The molecular weight excluding hydrogens is 226 g/mol. The zero-order chi connectivity index (χ0) is 14.6. The van der Waals surface area contributed by atoms with E-state index in [1.807, 2.05) is 27.7 Å². The van der Waals surface area contributed by atoms with Gasteiger partial charge in [-0.3, -0.25) is 0 Å². The van der Waals surface area contributed by atoms with E-state index in [1.54, 1.807) is 0 Å². The van der Waals surface area contributed by atoms with Crippen LogP contribution < -0.4 is 0 Å². The van der Waals surface area contributed by atoms with Crippen molar-refractivity contribution in [2.75, 3.05) is 0 Å². The number of hydrogen-bond acceptors (Lipinski definition) is 2. The number of rotatable bonds is 0. The molecular formula is C15H23NO2. The minimum Gasteiger partial charge on any atom is -0.358 e. The normalized spacial score (nSPS) is 7.67. The highest BCUT2D eigenvalue weighted by atomic mass is 16.2. The van der Waals surface area contributed by atoms with E-state index in [0.29, 0.717) is 0 Å². The van der Waals surface area contributed by atoms with Crippen molar-refractivity contribution in [2.45, 2.75) is 41.5 Å². The van der Waals surface area contributed by atoms with Crippen LogP contribution in [0.15, 0.2) is 24.3 Å². The fourth-order valence-corrected chi connectivity index (χ4v) is 1.42. The first-order valence-corrected chi connectivity index (χ1v) is 6.24. The summed E-state index contributed by atoms with van der Waals surface area (Å²) in [7, 11) is 0. The van der Waals surface area contributed by atoms with Gasteiger partial charge in [-0.25, -0.2) is 0 Å². The van der Waals surface area contributed by atoms with Crippen LogP contribution in [0.2, 0.25) is 0 Å².